The molecule has 4 heteroatoms. The lowest BCUT2D eigenvalue weighted by molar-refractivity contribution is 0.110. The van der Waals surface area contributed by atoms with Gasteiger partial charge in [-0.15, -0.1) is 0 Å². The summed E-state index contributed by atoms with van der Waals surface area (Å²) in [6.07, 6.45) is 0. The number of aromatic nitrogens is 1. The molecule has 1 heterocycles. The van der Waals surface area contributed by atoms with Crippen molar-refractivity contribution in [2.75, 3.05) is 19.8 Å². The van der Waals surface area contributed by atoms with Crippen LogP contribution in [-0.2, 0) is 11.3 Å². The predicted molar refractivity (Wildman–Crippen MR) is 71.6 cm³/mol. The van der Waals surface area contributed by atoms with E-state index in [1.54, 1.807) is 0 Å². The standard InChI is InChI=1S/C14H18N2O2/c1-2-17-7-8-18-14-9-11(10-15)16-13-6-4-3-5-12(13)14/h3-6,9H,2,7-8,10,15H2,1H3. The zero-order chi connectivity index (χ0) is 12.8. The molecule has 0 radical (unpaired) electrons. The molecule has 2 rings (SSSR count). The molecule has 0 spiro atoms. The first kappa shape index (κ1) is 12.8. The van der Waals surface area contributed by atoms with Gasteiger partial charge in [0, 0.05) is 24.6 Å². The van der Waals surface area contributed by atoms with Crippen LogP contribution in [0.15, 0.2) is 30.3 Å². The van der Waals surface area contributed by atoms with E-state index in [1.165, 1.54) is 0 Å². The average Bonchev–Trinajstić information content (AvgIpc) is 2.43. The summed E-state index contributed by atoms with van der Waals surface area (Å²) in [5.74, 6) is 0.820. The maximum atomic E-state index is 5.74. The lowest BCUT2D eigenvalue weighted by Crippen LogP contribution is -2.08. The maximum Gasteiger partial charge on any atom is 0.130 e. The van der Waals surface area contributed by atoms with Crippen LogP contribution in [-0.4, -0.2) is 24.8 Å². The Balaban J connectivity index is 2.23. The molecule has 2 aromatic rings. The molecular formula is C14H18N2O2. The highest BCUT2D eigenvalue weighted by atomic mass is 16.5. The van der Waals surface area contributed by atoms with Gasteiger partial charge in [0.1, 0.15) is 12.4 Å². The van der Waals surface area contributed by atoms with Crippen LogP contribution < -0.4 is 10.5 Å². The first-order chi connectivity index (χ1) is 8.85. The van der Waals surface area contributed by atoms with Gasteiger partial charge in [0.25, 0.3) is 0 Å². The van der Waals surface area contributed by atoms with Crippen LogP contribution in [0.25, 0.3) is 10.9 Å². The summed E-state index contributed by atoms with van der Waals surface area (Å²) in [6, 6.07) is 9.79. The van der Waals surface area contributed by atoms with Crippen LogP contribution in [0.4, 0.5) is 0 Å². The summed E-state index contributed by atoms with van der Waals surface area (Å²) in [5.41, 5.74) is 7.39. The van der Waals surface area contributed by atoms with Crippen molar-refractivity contribution in [2.45, 2.75) is 13.5 Å². The van der Waals surface area contributed by atoms with Crippen LogP contribution in [0, 0.1) is 0 Å². The van der Waals surface area contributed by atoms with Crippen molar-refractivity contribution in [3.63, 3.8) is 0 Å². The smallest absolute Gasteiger partial charge is 0.130 e. The van der Waals surface area contributed by atoms with E-state index in [1.807, 2.05) is 37.3 Å². The van der Waals surface area contributed by atoms with Gasteiger partial charge in [-0.1, -0.05) is 12.1 Å². The van der Waals surface area contributed by atoms with Gasteiger partial charge in [-0.25, -0.2) is 0 Å². The molecule has 0 amide bonds. The fourth-order valence-electron chi connectivity index (χ4n) is 1.77. The van der Waals surface area contributed by atoms with Crippen molar-refractivity contribution in [2.24, 2.45) is 5.73 Å². The van der Waals surface area contributed by atoms with E-state index in [4.69, 9.17) is 15.2 Å². The highest BCUT2D eigenvalue weighted by Crippen LogP contribution is 2.25. The van der Waals surface area contributed by atoms with E-state index in [0.717, 1.165) is 22.3 Å². The van der Waals surface area contributed by atoms with Crippen molar-refractivity contribution in [3.8, 4) is 5.75 Å². The normalized spacial score (nSPS) is 10.8. The van der Waals surface area contributed by atoms with Crippen molar-refractivity contribution in [1.82, 2.24) is 4.98 Å². The molecule has 0 bridgehead atoms. The fourth-order valence-corrected chi connectivity index (χ4v) is 1.77. The number of nitrogens with zero attached hydrogens (tertiary/aromatic N) is 1. The minimum absolute atomic E-state index is 0.409. The highest BCUT2D eigenvalue weighted by Gasteiger charge is 2.05. The summed E-state index contributed by atoms with van der Waals surface area (Å²) in [4.78, 5) is 4.46. The van der Waals surface area contributed by atoms with Gasteiger partial charge >= 0.3 is 0 Å². The third kappa shape index (κ3) is 2.97. The van der Waals surface area contributed by atoms with Crippen molar-refractivity contribution in [1.29, 1.82) is 0 Å². The molecular weight excluding hydrogens is 228 g/mol. The summed E-state index contributed by atoms with van der Waals surface area (Å²) in [5, 5.41) is 1.01. The topological polar surface area (TPSA) is 57.4 Å². The molecule has 0 aliphatic heterocycles. The number of pyridine rings is 1. The summed E-state index contributed by atoms with van der Waals surface area (Å²) in [7, 11) is 0. The van der Waals surface area contributed by atoms with Gasteiger partial charge in [0.05, 0.1) is 17.8 Å². The molecule has 0 aliphatic rings. The molecule has 0 unspecified atom stereocenters. The lowest BCUT2D eigenvalue weighted by Gasteiger charge is -2.10. The number of nitrogens with two attached hydrogens (primary N) is 1. The molecule has 0 saturated heterocycles. The van der Waals surface area contributed by atoms with Crippen molar-refractivity contribution in [3.05, 3.63) is 36.0 Å². The molecule has 0 saturated carbocycles. The molecule has 4 nitrogen and oxygen atoms in total. The van der Waals surface area contributed by atoms with E-state index >= 15 is 0 Å². The Kier molecular flexibility index (Phi) is 4.50. The molecule has 1 aromatic carbocycles. The highest BCUT2D eigenvalue weighted by molar-refractivity contribution is 5.85. The van der Waals surface area contributed by atoms with Crippen LogP contribution in [0.1, 0.15) is 12.6 Å². The second-order valence-corrected chi connectivity index (χ2v) is 3.88. The Labute approximate surface area is 107 Å². The maximum absolute atomic E-state index is 5.74. The monoisotopic (exact) mass is 246 g/mol. The molecule has 0 atom stereocenters. The number of benzene rings is 1. The fraction of sp³-hybridized carbons (Fsp3) is 0.357. The summed E-state index contributed by atoms with van der Waals surface area (Å²) < 4.78 is 11.0. The van der Waals surface area contributed by atoms with Crippen LogP contribution in [0.2, 0.25) is 0 Å². The lowest BCUT2D eigenvalue weighted by atomic mass is 10.2. The molecule has 18 heavy (non-hydrogen) atoms. The molecule has 0 fully saturated rings. The number of rotatable bonds is 6. The number of para-hydroxylation sites is 1. The number of hydrogen-bond donors (Lipinski definition) is 1. The Bertz CT molecular complexity index is 514. The van der Waals surface area contributed by atoms with Crippen molar-refractivity contribution >= 4 is 10.9 Å². The Morgan fingerprint density at radius 3 is 2.83 bits per heavy atom. The summed E-state index contributed by atoms with van der Waals surface area (Å²) >= 11 is 0. The van der Waals surface area contributed by atoms with Gasteiger partial charge in [-0.05, 0) is 19.1 Å². The zero-order valence-corrected chi connectivity index (χ0v) is 10.6. The zero-order valence-electron chi connectivity index (χ0n) is 10.6. The van der Waals surface area contributed by atoms with Crippen LogP contribution >= 0.6 is 0 Å². The largest absolute Gasteiger partial charge is 0.490 e. The Morgan fingerprint density at radius 1 is 1.22 bits per heavy atom. The van der Waals surface area contributed by atoms with E-state index in [9.17, 15) is 0 Å². The number of ether oxygens (including phenoxy) is 2. The second-order valence-electron chi connectivity index (χ2n) is 3.88. The quantitative estimate of drug-likeness (QED) is 0.793. The van der Waals surface area contributed by atoms with Crippen molar-refractivity contribution < 1.29 is 9.47 Å². The minimum atomic E-state index is 0.409. The summed E-state index contributed by atoms with van der Waals surface area (Å²) in [6.45, 7) is 4.20. The Morgan fingerprint density at radius 2 is 2.06 bits per heavy atom. The second kappa shape index (κ2) is 6.33. The Hall–Kier alpha value is -1.65. The molecule has 2 N–H and O–H groups in total. The van der Waals surface area contributed by atoms with E-state index < -0.39 is 0 Å². The molecule has 96 valence electrons. The third-order valence-corrected chi connectivity index (χ3v) is 2.63. The molecule has 1 aromatic heterocycles. The van der Waals surface area contributed by atoms with Crippen LogP contribution in [0.3, 0.4) is 0 Å². The predicted octanol–water partition coefficient (Wildman–Crippen LogP) is 2.11. The number of hydrogen-bond acceptors (Lipinski definition) is 4. The van der Waals surface area contributed by atoms with Crippen LogP contribution in [0.5, 0.6) is 5.75 Å². The average molecular weight is 246 g/mol. The van der Waals surface area contributed by atoms with Gasteiger partial charge in [-0.3, -0.25) is 4.98 Å². The van der Waals surface area contributed by atoms with Gasteiger partial charge in [0.15, 0.2) is 0 Å². The van der Waals surface area contributed by atoms with Gasteiger partial charge in [0.2, 0.25) is 0 Å². The van der Waals surface area contributed by atoms with Gasteiger partial charge < -0.3 is 15.2 Å². The molecule has 0 aliphatic carbocycles. The van der Waals surface area contributed by atoms with Gasteiger partial charge in [-0.2, -0.15) is 0 Å². The SMILES string of the molecule is CCOCCOc1cc(CN)nc2ccccc12. The third-order valence-electron chi connectivity index (χ3n) is 2.63. The van der Waals surface area contributed by atoms with E-state index in [0.29, 0.717) is 26.4 Å². The first-order valence-electron chi connectivity index (χ1n) is 6.14. The van der Waals surface area contributed by atoms with E-state index in [2.05, 4.69) is 4.98 Å². The first-order valence-corrected chi connectivity index (χ1v) is 6.14. The minimum Gasteiger partial charge on any atom is -0.490 e. The van der Waals surface area contributed by atoms with E-state index in [-0.39, 0.29) is 0 Å². The number of fused-ring (bicyclic) bond motifs is 1.